The number of carbonyl (C=O) groups excluding carboxylic acids is 1. The first-order valence-electron chi connectivity index (χ1n) is 5.89. The van der Waals surface area contributed by atoms with E-state index in [1.165, 1.54) is 0 Å². The number of carbonyl (C=O) groups is 1. The Morgan fingerprint density at radius 2 is 2.24 bits per heavy atom. The van der Waals surface area contributed by atoms with Crippen molar-refractivity contribution in [3.63, 3.8) is 0 Å². The number of aryl methyl sites for hydroxylation is 2. The third kappa shape index (κ3) is 3.28. The van der Waals surface area contributed by atoms with E-state index in [0.717, 1.165) is 37.7 Å². The second-order valence-corrected chi connectivity index (χ2v) is 4.37. The van der Waals surface area contributed by atoms with Gasteiger partial charge in [0.25, 0.3) is 0 Å². The summed E-state index contributed by atoms with van der Waals surface area (Å²) in [7, 11) is 1.83. The van der Waals surface area contributed by atoms with Crippen molar-refractivity contribution in [2.24, 2.45) is 7.05 Å². The molecule has 0 bridgehead atoms. The maximum atomic E-state index is 11.8. The van der Waals surface area contributed by atoms with Crippen molar-refractivity contribution in [3.8, 4) is 0 Å². The Bertz CT molecular complexity index is 395. The monoisotopic (exact) mass is 237 g/mol. The van der Waals surface area contributed by atoms with Crippen molar-refractivity contribution < 1.29 is 4.79 Å². The molecule has 1 amide bonds. The Morgan fingerprint density at radius 3 is 2.82 bits per heavy atom. The number of anilines is 1. The molecule has 2 heterocycles. The van der Waals surface area contributed by atoms with Crippen LogP contribution < -0.4 is 10.6 Å². The second-order valence-electron chi connectivity index (χ2n) is 4.37. The van der Waals surface area contributed by atoms with E-state index < -0.39 is 0 Å². The molecule has 0 aromatic carbocycles. The molecule has 0 spiro atoms. The third-order valence-electron chi connectivity index (χ3n) is 2.85. The molecule has 2 N–H and O–H groups in total. The van der Waals surface area contributed by atoms with Crippen LogP contribution in [0.2, 0.25) is 0 Å². The zero-order valence-electron chi connectivity index (χ0n) is 10.4. The van der Waals surface area contributed by atoms with E-state index in [2.05, 4.69) is 20.6 Å². The molecule has 6 heteroatoms. The first-order valence-corrected chi connectivity index (χ1v) is 5.89. The Balaban J connectivity index is 1.86. The zero-order chi connectivity index (χ0) is 12.3. The molecule has 0 saturated carbocycles. The molecule has 1 aromatic heterocycles. The number of nitrogens with one attached hydrogen (secondary N) is 2. The fourth-order valence-electron chi connectivity index (χ4n) is 1.98. The summed E-state index contributed by atoms with van der Waals surface area (Å²) in [4.78, 5) is 14.0. The third-order valence-corrected chi connectivity index (χ3v) is 2.85. The van der Waals surface area contributed by atoms with E-state index >= 15 is 0 Å². The van der Waals surface area contributed by atoms with Crippen LogP contribution in [0.1, 0.15) is 5.69 Å². The molecule has 6 nitrogen and oxygen atoms in total. The summed E-state index contributed by atoms with van der Waals surface area (Å²) in [5.41, 5.74) is 0.907. The van der Waals surface area contributed by atoms with Gasteiger partial charge in [-0.25, -0.2) is 0 Å². The molecule has 2 rings (SSSR count). The van der Waals surface area contributed by atoms with Crippen LogP contribution in [0.25, 0.3) is 0 Å². The van der Waals surface area contributed by atoms with Gasteiger partial charge in [-0.1, -0.05) is 0 Å². The Morgan fingerprint density at radius 1 is 1.53 bits per heavy atom. The van der Waals surface area contributed by atoms with Gasteiger partial charge in [0.05, 0.1) is 12.2 Å². The number of hydrogen-bond donors (Lipinski definition) is 2. The summed E-state index contributed by atoms with van der Waals surface area (Å²) in [6, 6.07) is 1.87. The average molecular weight is 237 g/mol. The highest BCUT2D eigenvalue weighted by Crippen LogP contribution is 2.07. The molecule has 0 unspecified atom stereocenters. The van der Waals surface area contributed by atoms with Crippen molar-refractivity contribution in [3.05, 3.63) is 11.8 Å². The van der Waals surface area contributed by atoms with Gasteiger partial charge < -0.3 is 10.6 Å². The second kappa shape index (κ2) is 5.29. The van der Waals surface area contributed by atoms with Crippen molar-refractivity contribution in [2.45, 2.75) is 6.92 Å². The van der Waals surface area contributed by atoms with Crippen LogP contribution in [0.3, 0.4) is 0 Å². The zero-order valence-corrected chi connectivity index (χ0v) is 10.4. The molecule has 1 fully saturated rings. The first-order chi connectivity index (χ1) is 8.15. The standard InChI is InChI=1S/C11H19N5O/c1-9-7-10(15(2)14-9)13-11(17)8-16-5-3-12-4-6-16/h7,12H,3-6,8H2,1-2H3,(H,13,17). The number of amides is 1. The minimum absolute atomic E-state index is 0.0231. The Hall–Kier alpha value is -1.40. The lowest BCUT2D eigenvalue weighted by Crippen LogP contribution is -2.46. The fourth-order valence-corrected chi connectivity index (χ4v) is 1.98. The Kier molecular flexibility index (Phi) is 3.75. The van der Waals surface area contributed by atoms with Crippen LogP contribution in [0.4, 0.5) is 5.82 Å². The summed E-state index contributed by atoms with van der Waals surface area (Å²) in [5, 5.41) is 10.3. The van der Waals surface area contributed by atoms with Gasteiger partial charge in [-0.15, -0.1) is 0 Å². The highest BCUT2D eigenvalue weighted by molar-refractivity contribution is 5.91. The fraction of sp³-hybridized carbons (Fsp3) is 0.636. The molecule has 1 saturated heterocycles. The van der Waals surface area contributed by atoms with Gasteiger partial charge in [-0.3, -0.25) is 14.4 Å². The van der Waals surface area contributed by atoms with Crippen molar-refractivity contribution in [1.82, 2.24) is 20.0 Å². The normalized spacial score (nSPS) is 17.1. The smallest absolute Gasteiger partial charge is 0.239 e. The summed E-state index contributed by atoms with van der Waals surface area (Å²) < 4.78 is 1.69. The predicted molar refractivity (Wildman–Crippen MR) is 65.9 cm³/mol. The highest BCUT2D eigenvalue weighted by atomic mass is 16.2. The minimum Gasteiger partial charge on any atom is -0.314 e. The van der Waals surface area contributed by atoms with Gasteiger partial charge in [-0.05, 0) is 6.92 Å². The Labute approximate surface area is 101 Å². The van der Waals surface area contributed by atoms with Crippen LogP contribution in [0, 0.1) is 6.92 Å². The van der Waals surface area contributed by atoms with E-state index in [9.17, 15) is 4.79 Å². The quantitative estimate of drug-likeness (QED) is 0.749. The van der Waals surface area contributed by atoms with E-state index in [1.807, 2.05) is 20.0 Å². The number of rotatable bonds is 3. The maximum Gasteiger partial charge on any atom is 0.239 e. The lowest BCUT2D eigenvalue weighted by atomic mass is 10.3. The van der Waals surface area contributed by atoms with Gasteiger partial charge in [0.1, 0.15) is 5.82 Å². The van der Waals surface area contributed by atoms with Crippen LogP contribution in [-0.4, -0.2) is 53.3 Å². The predicted octanol–water partition coefficient (Wildman–Crippen LogP) is -0.428. The van der Waals surface area contributed by atoms with Gasteiger partial charge in [0, 0.05) is 39.3 Å². The molecular weight excluding hydrogens is 218 g/mol. The van der Waals surface area contributed by atoms with Crippen LogP contribution in [-0.2, 0) is 11.8 Å². The molecular formula is C11H19N5O. The SMILES string of the molecule is Cc1cc(NC(=O)CN2CCNCC2)n(C)n1. The minimum atomic E-state index is 0.0231. The van der Waals surface area contributed by atoms with E-state index in [4.69, 9.17) is 0 Å². The van der Waals surface area contributed by atoms with Gasteiger partial charge >= 0.3 is 0 Å². The topological polar surface area (TPSA) is 62.2 Å². The van der Waals surface area contributed by atoms with Crippen LogP contribution >= 0.6 is 0 Å². The maximum absolute atomic E-state index is 11.8. The van der Waals surface area contributed by atoms with E-state index in [0.29, 0.717) is 6.54 Å². The summed E-state index contributed by atoms with van der Waals surface area (Å²) in [6.45, 7) is 6.13. The molecule has 0 aliphatic carbocycles. The van der Waals surface area contributed by atoms with Crippen molar-refractivity contribution in [1.29, 1.82) is 0 Å². The number of aromatic nitrogens is 2. The highest BCUT2D eigenvalue weighted by Gasteiger charge is 2.14. The number of hydrogen-bond acceptors (Lipinski definition) is 4. The number of nitrogens with zero attached hydrogens (tertiary/aromatic N) is 3. The van der Waals surface area contributed by atoms with Gasteiger partial charge in [0.15, 0.2) is 0 Å². The summed E-state index contributed by atoms with van der Waals surface area (Å²) in [6.07, 6.45) is 0. The van der Waals surface area contributed by atoms with E-state index in [-0.39, 0.29) is 5.91 Å². The molecule has 1 aromatic rings. The lowest BCUT2D eigenvalue weighted by Gasteiger charge is -2.26. The first kappa shape index (κ1) is 12.1. The molecule has 17 heavy (non-hydrogen) atoms. The van der Waals surface area contributed by atoms with Crippen molar-refractivity contribution >= 4 is 11.7 Å². The summed E-state index contributed by atoms with van der Waals surface area (Å²) >= 11 is 0. The molecule has 0 radical (unpaired) electrons. The van der Waals surface area contributed by atoms with E-state index in [1.54, 1.807) is 4.68 Å². The van der Waals surface area contributed by atoms with Gasteiger partial charge in [-0.2, -0.15) is 5.10 Å². The van der Waals surface area contributed by atoms with Crippen LogP contribution in [0.15, 0.2) is 6.07 Å². The number of piperazine rings is 1. The molecule has 1 aliphatic rings. The molecule has 1 aliphatic heterocycles. The largest absolute Gasteiger partial charge is 0.314 e. The molecule has 0 atom stereocenters. The average Bonchev–Trinajstić information content (AvgIpc) is 2.58. The lowest BCUT2D eigenvalue weighted by molar-refractivity contribution is -0.117. The molecule has 94 valence electrons. The van der Waals surface area contributed by atoms with Gasteiger partial charge in [0.2, 0.25) is 5.91 Å². The van der Waals surface area contributed by atoms with Crippen molar-refractivity contribution in [2.75, 3.05) is 38.0 Å². The summed E-state index contributed by atoms with van der Waals surface area (Å²) in [5.74, 6) is 0.775. The van der Waals surface area contributed by atoms with Crippen LogP contribution in [0.5, 0.6) is 0 Å².